The van der Waals surface area contributed by atoms with Crippen LogP contribution in [0.1, 0.15) is 25.3 Å². The summed E-state index contributed by atoms with van der Waals surface area (Å²) in [5.41, 5.74) is 1.18. The van der Waals surface area contributed by atoms with Gasteiger partial charge in [0.15, 0.2) is 0 Å². The van der Waals surface area contributed by atoms with Gasteiger partial charge in [-0.1, -0.05) is 6.07 Å². The Balaban J connectivity index is 1.68. The maximum atomic E-state index is 13.6. The average Bonchev–Trinajstić information content (AvgIpc) is 3.17. The molecular formula is C21H24N4O5S. The Hall–Kier alpha value is -2.98. The van der Waals surface area contributed by atoms with E-state index in [-0.39, 0.29) is 35.8 Å². The van der Waals surface area contributed by atoms with Crippen LogP contribution in [0.4, 0.5) is 5.69 Å². The molecule has 2 aliphatic rings. The van der Waals surface area contributed by atoms with E-state index in [1.54, 1.807) is 30.6 Å². The first kappa shape index (κ1) is 21.3. The lowest BCUT2D eigenvalue weighted by atomic mass is 10.2. The lowest BCUT2D eigenvalue weighted by molar-refractivity contribution is -0.119. The second kappa shape index (κ2) is 8.64. The van der Waals surface area contributed by atoms with Gasteiger partial charge in [0.1, 0.15) is 12.4 Å². The molecule has 1 N–H and O–H groups in total. The quantitative estimate of drug-likeness (QED) is 0.719. The van der Waals surface area contributed by atoms with Crippen molar-refractivity contribution in [2.45, 2.75) is 37.2 Å². The first-order valence-electron chi connectivity index (χ1n) is 10.1. The van der Waals surface area contributed by atoms with Crippen LogP contribution in [0.2, 0.25) is 0 Å². The fourth-order valence-corrected chi connectivity index (χ4v) is 5.33. The normalized spacial score (nSPS) is 18.5. The van der Waals surface area contributed by atoms with Crippen LogP contribution in [-0.2, 0) is 26.2 Å². The van der Waals surface area contributed by atoms with Crippen LogP contribution in [0, 0.1) is 0 Å². The second-order valence-corrected chi connectivity index (χ2v) is 9.55. The van der Waals surface area contributed by atoms with Crippen molar-refractivity contribution >= 4 is 27.5 Å². The fourth-order valence-electron chi connectivity index (χ4n) is 3.84. The van der Waals surface area contributed by atoms with Crippen molar-refractivity contribution in [2.24, 2.45) is 0 Å². The Morgan fingerprint density at radius 3 is 2.87 bits per heavy atom. The molecule has 0 saturated carbocycles. The fraction of sp³-hybridized carbons (Fsp3) is 0.381. The van der Waals surface area contributed by atoms with Crippen molar-refractivity contribution in [3.63, 3.8) is 0 Å². The number of fused-ring (bicyclic) bond motifs is 1. The predicted octanol–water partition coefficient (Wildman–Crippen LogP) is 1.30. The molecule has 1 aromatic carbocycles. The minimum Gasteiger partial charge on any atom is -0.490 e. The minimum atomic E-state index is -3.93. The number of pyridine rings is 1. The molecule has 2 aliphatic heterocycles. The van der Waals surface area contributed by atoms with Gasteiger partial charge in [0, 0.05) is 44.9 Å². The first-order valence-corrected chi connectivity index (χ1v) is 11.5. The summed E-state index contributed by atoms with van der Waals surface area (Å²) < 4.78 is 34.2. The predicted molar refractivity (Wildman–Crippen MR) is 113 cm³/mol. The number of ether oxygens (including phenoxy) is 1. The highest BCUT2D eigenvalue weighted by Gasteiger charge is 2.32. The Labute approximate surface area is 181 Å². The van der Waals surface area contributed by atoms with Crippen molar-refractivity contribution in [1.29, 1.82) is 0 Å². The average molecular weight is 445 g/mol. The van der Waals surface area contributed by atoms with E-state index in [1.165, 1.54) is 28.3 Å². The van der Waals surface area contributed by atoms with E-state index in [4.69, 9.17) is 4.74 Å². The Morgan fingerprint density at radius 2 is 2.19 bits per heavy atom. The van der Waals surface area contributed by atoms with Gasteiger partial charge < -0.3 is 15.0 Å². The number of carbonyl (C=O) groups is 2. The summed E-state index contributed by atoms with van der Waals surface area (Å²) in [6.45, 7) is 2.42. The zero-order valence-corrected chi connectivity index (χ0v) is 18.0. The van der Waals surface area contributed by atoms with Crippen molar-refractivity contribution in [3.8, 4) is 5.75 Å². The second-order valence-electron chi connectivity index (χ2n) is 7.61. The number of aromatic nitrogens is 1. The summed E-state index contributed by atoms with van der Waals surface area (Å²) in [4.78, 5) is 29.3. The summed E-state index contributed by atoms with van der Waals surface area (Å²) in [6.07, 6.45) is 4.20. The monoisotopic (exact) mass is 444 g/mol. The highest BCUT2D eigenvalue weighted by atomic mass is 32.2. The van der Waals surface area contributed by atoms with Crippen LogP contribution in [0.3, 0.4) is 0 Å². The molecule has 3 heterocycles. The topological polar surface area (TPSA) is 109 Å². The molecule has 0 aliphatic carbocycles. The molecule has 1 fully saturated rings. The van der Waals surface area contributed by atoms with Crippen LogP contribution < -0.4 is 15.0 Å². The molecule has 31 heavy (non-hydrogen) atoms. The molecule has 2 amide bonds. The van der Waals surface area contributed by atoms with Crippen LogP contribution >= 0.6 is 0 Å². The van der Waals surface area contributed by atoms with E-state index in [1.807, 2.05) is 0 Å². The highest BCUT2D eigenvalue weighted by molar-refractivity contribution is 7.89. The number of rotatable bonds is 6. The molecule has 1 aromatic heterocycles. The Morgan fingerprint density at radius 1 is 1.35 bits per heavy atom. The zero-order chi connectivity index (χ0) is 22.0. The molecule has 0 bridgehead atoms. The third-order valence-corrected chi connectivity index (χ3v) is 7.21. The lowest BCUT2D eigenvalue weighted by Crippen LogP contribution is -2.41. The van der Waals surface area contributed by atoms with Gasteiger partial charge in [0.05, 0.1) is 17.1 Å². The van der Waals surface area contributed by atoms with Crippen LogP contribution in [0.25, 0.3) is 0 Å². The summed E-state index contributed by atoms with van der Waals surface area (Å²) >= 11 is 0. The van der Waals surface area contributed by atoms with Crippen LogP contribution in [0.5, 0.6) is 5.75 Å². The molecular weight excluding hydrogens is 420 g/mol. The Bertz CT molecular complexity index is 1090. The summed E-state index contributed by atoms with van der Waals surface area (Å²) in [6, 6.07) is 7.85. The van der Waals surface area contributed by atoms with Gasteiger partial charge in [-0.15, -0.1) is 0 Å². The van der Waals surface area contributed by atoms with Crippen molar-refractivity contribution in [1.82, 2.24) is 14.6 Å². The van der Waals surface area contributed by atoms with Crippen LogP contribution in [0.15, 0.2) is 47.6 Å². The minimum absolute atomic E-state index is 0.0659. The molecule has 4 rings (SSSR count). The van der Waals surface area contributed by atoms with Crippen molar-refractivity contribution in [3.05, 3.63) is 48.3 Å². The number of amides is 2. The zero-order valence-electron chi connectivity index (χ0n) is 17.2. The van der Waals surface area contributed by atoms with E-state index >= 15 is 0 Å². The summed E-state index contributed by atoms with van der Waals surface area (Å²) in [5, 5.41) is 2.83. The molecule has 164 valence electrons. The van der Waals surface area contributed by atoms with Gasteiger partial charge in [0.25, 0.3) is 0 Å². The number of benzene rings is 1. The third-order valence-electron chi connectivity index (χ3n) is 5.40. The van der Waals surface area contributed by atoms with E-state index in [0.29, 0.717) is 37.4 Å². The maximum Gasteiger partial charge on any atom is 0.243 e. The number of nitrogens with zero attached hydrogens (tertiary/aromatic N) is 3. The lowest BCUT2D eigenvalue weighted by Gasteiger charge is -2.30. The maximum absolute atomic E-state index is 13.6. The van der Waals surface area contributed by atoms with Gasteiger partial charge in [0.2, 0.25) is 21.8 Å². The molecule has 2 aromatic rings. The van der Waals surface area contributed by atoms with Gasteiger partial charge in [-0.2, -0.15) is 4.31 Å². The van der Waals surface area contributed by atoms with Gasteiger partial charge >= 0.3 is 0 Å². The van der Waals surface area contributed by atoms with Crippen molar-refractivity contribution in [2.75, 3.05) is 24.6 Å². The molecule has 0 radical (unpaired) electrons. The first-order chi connectivity index (χ1) is 14.8. The molecule has 9 nitrogen and oxygen atoms in total. The highest BCUT2D eigenvalue weighted by Crippen LogP contribution is 2.35. The van der Waals surface area contributed by atoms with Gasteiger partial charge in [-0.05, 0) is 36.2 Å². The van der Waals surface area contributed by atoms with E-state index in [0.717, 1.165) is 5.56 Å². The van der Waals surface area contributed by atoms with Gasteiger partial charge in [-0.3, -0.25) is 14.6 Å². The molecule has 0 spiro atoms. The number of carbonyl (C=O) groups excluding carboxylic acids is 2. The Kier molecular flexibility index (Phi) is 5.92. The number of sulfonamides is 1. The number of nitrogens with one attached hydrogen (secondary N) is 1. The number of anilines is 1. The molecule has 10 heteroatoms. The summed E-state index contributed by atoms with van der Waals surface area (Å²) in [7, 11) is -3.93. The molecule has 1 saturated heterocycles. The standard InChI is InChI=1S/C21H24N4O5S/c1-15(26)25-9-10-30-20-6-5-18(11-19(20)25)31(28,29)24(13-16-3-2-8-22-12-16)14-17-4-7-21(27)23-17/h2-3,5-6,8,11-12,17H,4,7,9-10,13-14H2,1H3,(H,23,27)/t17-/m0/s1. The molecule has 0 unspecified atom stereocenters. The van der Waals surface area contributed by atoms with Gasteiger partial charge in [-0.25, -0.2) is 8.42 Å². The smallest absolute Gasteiger partial charge is 0.243 e. The molecule has 1 atom stereocenters. The largest absolute Gasteiger partial charge is 0.490 e. The van der Waals surface area contributed by atoms with E-state index in [9.17, 15) is 18.0 Å². The van der Waals surface area contributed by atoms with Crippen molar-refractivity contribution < 1.29 is 22.7 Å². The van der Waals surface area contributed by atoms with E-state index in [2.05, 4.69) is 10.3 Å². The van der Waals surface area contributed by atoms with E-state index < -0.39 is 10.0 Å². The number of hydrogen-bond acceptors (Lipinski definition) is 6. The SMILES string of the molecule is CC(=O)N1CCOc2ccc(S(=O)(=O)N(Cc3cccnc3)C[C@@H]3CCC(=O)N3)cc21. The third kappa shape index (κ3) is 4.54. The summed E-state index contributed by atoms with van der Waals surface area (Å²) in [5.74, 6) is 0.217. The number of hydrogen-bond donors (Lipinski definition) is 1. The van der Waals surface area contributed by atoms with Crippen LogP contribution in [-0.4, -0.2) is 55.3 Å².